The van der Waals surface area contributed by atoms with Crippen molar-refractivity contribution in [3.63, 3.8) is 0 Å². The van der Waals surface area contributed by atoms with Gasteiger partial charge in [-0.3, -0.25) is 4.79 Å². The summed E-state index contributed by atoms with van der Waals surface area (Å²) in [5.41, 5.74) is 4.33. The quantitative estimate of drug-likeness (QED) is 0.332. The second-order valence-electron chi connectivity index (χ2n) is 5.73. The minimum absolute atomic E-state index is 0.187. The van der Waals surface area contributed by atoms with E-state index in [1.54, 1.807) is 13.3 Å². The van der Waals surface area contributed by atoms with Crippen LogP contribution in [0.3, 0.4) is 0 Å². The number of ether oxygens (including phenoxy) is 1. The first kappa shape index (κ1) is 20.1. The van der Waals surface area contributed by atoms with Crippen LogP contribution in [0.25, 0.3) is 11.4 Å². The summed E-state index contributed by atoms with van der Waals surface area (Å²) in [5.74, 6) is 1.48. The number of amides is 1. The summed E-state index contributed by atoms with van der Waals surface area (Å²) < 4.78 is 7.96. The number of rotatable bonds is 7. The van der Waals surface area contributed by atoms with Crippen molar-refractivity contribution in [2.75, 3.05) is 12.9 Å². The van der Waals surface area contributed by atoms with E-state index < -0.39 is 0 Å². The molecule has 1 heterocycles. The second-order valence-corrected chi connectivity index (χ2v) is 7.59. The van der Waals surface area contributed by atoms with Crippen molar-refractivity contribution >= 4 is 39.8 Å². The molecule has 0 fully saturated rings. The van der Waals surface area contributed by atoms with Crippen LogP contribution in [0.1, 0.15) is 5.56 Å². The van der Waals surface area contributed by atoms with Crippen LogP contribution in [0.5, 0.6) is 5.75 Å². The van der Waals surface area contributed by atoms with Crippen molar-refractivity contribution in [1.82, 2.24) is 20.2 Å². The van der Waals surface area contributed by atoms with Gasteiger partial charge in [-0.2, -0.15) is 5.10 Å². The van der Waals surface area contributed by atoms with Gasteiger partial charge in [-0.1, -0.05) is 39.8 Å². The predicted molar refractivity (Wildman–Crippen MR) is 114 cm³/mol. The van der Waals surface area contributed by atoms with Crippen molar-refractivity contribution in [2.24, 2.45) is 12.1 Å². The van der Waals surface area contributed by atoms with Crippen LogP contribution in [0.15, 0.2) is 63.3 Å². The predicted octanol–water partition coefficient (Wildman–Crippen LogP) is 3.50. The highest BCUT2D eigenvalue weighted by molar-refractivity contribution is 9.10. The Hall–Kier alpha value is -2.65. The highest BCUT2D eigenvalue weighted by atomic mass is 79.9. The number of methoxy groups -OCH3 is 1. The summed E-state index contributed by atoms with van der Waals surface area (Å²) in [5, 5.41) is 13.0. The molecule has 0 radical (unpaired) electrons. The summed E-state index contributed by atoms with van der Waals surface area (Å²) >= 11 is 4.72. The molecule has 0 aliphatic rings. The van der Waals surface area contributed by atoms with E-state index in [0.29, 0.717) is 5.16 Å². The number of benzene rings is 2. The minimum atomic E-state index is -0.219. The molecule has 0 aliphatic heterocycles. The molecule has 3 aromatic rings. The van der Waals surface area contributed by atoms with E-state index in [-0.39, 0.29) is 11.7 Å². The fourth-order valence-corrected chi connectivity index (χ4v) is 3.29. The maximum Gasteiger partial charge on any atom is 0.250 e. The van der Waals surface area contributed by atoms with Crippen molar-refractivity contribution in [2.45, 2.75) is 5.16 Å². The first-order valence-corrected chi connectivity index (χ1v) is 10.1. The zero-order valence-electron chi connectivity index (χ0n) is 15.3. The lowest BCUT2D eigenvalue weighted by Crippen LogP contribution is -2.19. The van der Waals surface area contributed by atoms with Crippen LogP contribution < -0.4 is 10.2 Å². The number of nitrogens with zero attached hydrogens (tertiary/aromatic N) is 4. The molecule has 0 aliphatic carbocycles. The summed E-state index contributed by atoms with van der Waals surface area (Å²) in [7, 11) is 3.49. The molecule has 0 unspecified atom stereocenters. The molecule has 0 spiro atoms. The van der Waals surface area contributed by atoms with Crippen molar-refractivity contribution in [3.8, 4) is 17.1 Å². The van der Waals surface area contributed by atoms with Gasteiger partial charge in [0.15, 0.2) is 11.0 Å². The van der Waals surface area contributed by atoms with Gasteiger partial charge in [0.05, 0.1) is 19.1 Å². The molecule has 0 saturated heterocycles. The molecule has 1 amide bonds. The third-order valence-electron chi connectivity index (χ3n) is 3.79. The molecule has 144 valence electrons. The Kier molecular flexibility index (Phi) is 6.83. The fourth-order valence-electron chi connectivity index (χ4n) is 2.32. The lowest BCUT2D eigenvalue weighted by atomic mass is 10.2. The molecule has 0 saturated carbocycles. The van der Waals surface area contributed by atoms with Crippen LogP contribution in [-0.2, 0) is 11.8 Å². The van der Waals surface area contributed by atoms with Gasteiger partial charge in [0, 0.05) is 17.1 Å². The first-order valence-electron chi connectivity index (χ1n) is 8.31. The van der Waals surface area contributed by atoms with Crippen LogP contribution in [0.2, 0.25) is 0 Å². The van der Waals surface area contributed by atoms with Gasteiger partial charge in [0.25, 0.3) is 5.91 Å². The Bertz CT molecular complexity index is 971. The number of hydrazone groups is 1. The number of hydrogen-bond donors (Lipinski definition) is 1. The maximum absolute atomic E-state index is 12.0. The molecule has 1 aromatic heterocycles. The van der Waals surface area contributed by atoms with Gasteiger partial charge in [0.2, 0.25) is 0 Å². The van der Waals surface area contributed by atoms with Gasteiger partial charge in [-0.15, -0.1) is 10.2 Å². The number of nitrogens with one attached hydrogen (secondary N) is 1. The van der Waals surface area contributed by atoms with Gasteiger partial charge in [-0.25, -0.2) is 5.43 Å². The second kappa shape index (κ2) is 9.52. The molecule has 2 aromatic carbocycles. The summed E-state index contributed by atoms with van der Waals surface area (Å²) in [4.78, 5) is 12.0. The molecule has 0 atom stereocenters. The fraction of sp³-hybridized carbons (Fsp3) is 0.158. The number of carbonyl (C=O) groups excluding carboxylic acids is 1. The smallest absolute Gasteiger partial charge is 0.250 e. The molecule has 0 bridgehead atoms. The Morgan fingerprint density at radius 1 is 1.21 bits per heavy atom. The third-order valence-corrected chi connectivity index (χ3v) is 5.34. The van der Waals surface area contributed by atoms with Crippen LogP contribution >= 0.6 is 27.7 Å². The number of carbonyl (C=O) groups is 1. The lowest BCUT2D eigenvalue weighted by molar-refractivity contribution is -0.118. The molecular formula is C19H18BrN5O2S. The van der Waals surface area contributed by atoms with Gasteiger partial charge in [0.1, 0.15) is 5.75 Å². The molecule has 7 nitrogen and oxygen atoms in total. The molecule has 1 N–H and O–H groups in total. The van der Waals surface area contributed by atoms with E-state index in [1.807, 2.05) is 60.1 Å². The monoisotopic (exact) mass is 459 g/mol. The van der Waals surface area contributed by atoms with Crippen LogP contribution in [-0.4, -0.2) is 39.7 Å². The number of aromatic nitrogens is 3. The zero-order valence-corrected chi connectivity index (χ0v) is 17.7. The van der Waals surface area contributed by atoms with Gasteiger partial charge in [-0.05, 0) is 42.0 Å². The summed E-state index contributed by atoms with van der Waals surface area (Å²) in [6.45, 7) is 0. The van der Waals surface area contributed by atoms with Crippen LogP contribution in [0, 0.1) is 0 Å². The molecule has 9 heteroatoms. The standard InChI is InChI=1S/C19H18BrN5O2S/c1-25-18(14-5-7-15(20)8-6-14)23-24-19(25)28-12-17(26)22-21-11-13-3-9-16(27-2)10-4-13/h3-11H,12H2,1-2H3,(H,22,26). The Labute approximate surface area is 175 Å². The number of thioether (sulfide) groups is 1. The highest BCUT2D eigenvalue weighted by Crippen LogP contribution is 2.23. The summed E-state index contributed by atoms with van der Waals surface area (Å²) in [6, 6.07) is 15.2. The summed E-state index contributed by atoms with van der Waals surface area (Å²) in [6.07, 6.45) is 1.58. The van der Waals surface area contributed by atoms with E-state index in [4.69, 9.17) is 4.74 Å². The first-order chi connectivity index (χ1) is 13.6. The average molecular weight is 460 g/mol. The average Bonchev–Trinajstić information content (AvgIpc) is 3.08. The Morgan fingerprint density at radius 2 is 1.93 bits per heavy atom. The maximum atomic E-state index is 12.0. The highest BCUT2D eigenvalue weighted by Gasteiger charge is 2.12. The lowest BCUT2D eigenvalue weighted by Gasteiger charge is -2.04. The van der Waals surface area contributed by atoms with Crippen molar-refractivity contribution in [3.05, 3.63) is 58.6 Å². The van der Waals surface area contributed by atoms with E-state index in [0.717, 1.165) is 27.2 Å². The molecule has 3 rings (SSSR count). The number of hydrogen-bond acceptors (Lipinski definition) is 6. The normalized spacial score (nSPS) is 11.0. The SMILES string of the molecule is COc1ccc(C=NNC(=O)CSc2nnc(-c3ccc(Br)cc3)n2C)cc1. The van der Waals surface area contributed by atoms with Gasteiger partial charge >= 0.3 is 0 Å². The Balaban J connectivity index is 1.53. The zero-order chi connectivity index (χ0) is 19.9. The van der Waals surface area contributed by atoms with Crippen molar-refractivity contribution < 1.29 is 9.53 Å². The number of halogens is 1. The van der Waals surface area contributed by atoms with E-state index >= 15 is 0 Å². The van der Waals surface area contributed by atoms with E-state index in [9.17, 15) is 4.79 Å². The molecule has 28 heavy (non-hydrogen) atoms. The van der Waals surface area contributed by atoms with E-state index in [1.165, 1.54) is 11.8 Å². The minimum Gasteiger partial charge on any atom is -0.497 e. The van der Waals surface area contributed by atoms with Crippen molar-refractivity contribution in [1.29, 1.82) is 0 Å². The third kappa shape index (κ3) is 5.20. The Morgan fingerprint density at radius 3 is 2.61 bits per heavy atom. The van der Waals surface area contributed by atoms with E-state index in [2.05, 4.69) is 36.7 Å². The van der Waals surface area contributed by atoms with Crippen LogP contribution in [0.4, 0.5) is 0 Å². The topological polar surface area (TPSA) is 81.4 Å². The van der Waals surface area contributed by atoms with Gasteiger partial charge < -0.3 is 9.30 Å². The molecular weight excluding hydrogens is 442 g/mol. The largest absolute Gasteiger partial charge is 0.497 e.